The van der Waals surface area contributed by atoms with Gasteiger partial charge in [-0.1, -0.05) is 72.8 Å². The number of benzene rings is 2. The Balaban J connectivity index is 1.97. The van der Waals surface area contributed by atoms with Crippen LogP contribution in [0.4, 0.5) is 0 Å². The third-order valence-electron chi connectivity index (χ3n) is 5.62. The van der Waals surface area contributed by atoms with Crippen molar-refractivity contribution in [2.75, 3.05) is 13.2 Å². The van der Waals surface area contributed by atoms with Crippen molar-refractivity contribution in [2.45, 2.75) is 44.2 Å². The Hall–Kier alpha value is -3.71. The molecule has 2 amide bonds. The maximum absolute atomic E-state index is 13.0. The van der Waals surface area contributed by atoms with E-state index >= 15 is 0 Å². The summed E-state index contributed by atoms with van der Waals surface area (Å²) >= 11 is 0. The Morgan fingerprint density at radius 3 is 2.25 bits per heavy atom. The van der Waals surface area contributed by atoms with Gasteiger partial charge in [0.05, 0.1) is 25.1 Å². The lowest BCUT2D eigenvalue weighted by atomic mass is 9.98. The number of ether oxygens (including phenoxy) is 1. The summed E-state index contributed by atoms with van der Waals surface area (Å²) < 4.78 is 5.60. The normalized spacial score (nSPS) is 13.0. The Kier molecular flexibility index (Phi) is 12.7. The molecule has 2 rings (SSSR count). The highest BCUT2D eigenvalue weighted by atomic mass is 16.5. The molecule has 0 spiro atoms. The summed E-state index contributed by atoms with van der Waals surface area (Å²) in [6, 6.07) is 18.3. The molecule has 0 aliphatic carbocycles. The van der Waals surface area contributed by atoms with E-state index in [0.717, 1.165) is 11.1 Å². The quantitative estimate of drug-likeness (QED) is 0.245. The second-order valence-corrected chi connectivity index (χ2v) is 8.52. The van der Waals surface area contributed by atoms with Crippen LogP contribution in [0.25, 0.3) is 0 Å². The van der Waals surface area contributed by atoms with Gasteiger partial charge >= 0.3 is 5.97 Å². The molecule has 0 bridgehead atoms. The molecular weight excluding hydrogens is 456 g/mol. The van der Waals surface area contributed by atoms with Gasteiger partial charge in [0.25, 0.3) is 0 Å². The molecule has 0 aliphatic heterocycles. The predicted molar refractivity (Wildman–Crippen MR) is 140 cm³/mol. The molecule has 0 aromatic heterocycles. The van der Waals surface area contributed by atoms with Crippen molar-refractivity contribution in [2.24, 2.45) is 5.92 Å². The Morgan fingerprint density at radius 2 is 1.64 bits per heavy atom. The van der Waals surface area contributed by atoms with Crippen molar-refractivity contribution >= 4 is 17.8 Å². The van der Waals surface area contributed by atoms with Crippen LogP contribution in [0.5, 0.6) is 0 Å². The lowest BCUT2D eigenvalue weighted by molar-refractivity contribution is -0.150. The zero-order chi connectivity index (χ0) is 26.2. The minimum Gasteiger partial charge on any atom is -0.456 e. The van der Waals surface area contributed by atoms with E-state index in [9.17, 15) is 19.5 Å². The highest BCUT2D eigenvalue weighted by Crippen LogP contribution is 2.19. The fraction of sp³-hybridized carbons (Fsp3) is 0.345. The third kappa shape index (κ3) is 10.3. The Morgan fingerprint density at radius 1 is 0.972 bits per heavy atom. The monoisotopic (exact) mass is 492 g/mol. The highest BCUT2D eigenvalue weighted by Gasteiger charge is 2.24. The summed E-state index contributed by atoms with van der Waals surface area (Å²) in [7, 11) is 0. The fourth-order valence-corrected chi connectivity index (χ4v) is 3.72. The van der Waals surface area contributed by atoms with Gasteiger partial charge in [-0.05, 0) is 30.4 Å². The number of hydrogen-bond acceptors (Lipinski definition) is 5. The van der Waals surface area contributed by atoms with E-state index in [1.807, 2.05) is 60.7 Å². The molecule has 0 fully saturated rings. The molecule has 2 aromatic rings. The lowest BCUT2D eigenvalue weighted by Crippen LogP contribution is -2.42. The number of rotatable bonds is 16. The number of carbonyl (C=O) groups excluding carboxylic acids is 3. The molecule has 7 nitrogen and oxygen atoms in total. The van der Waals surface area contributed by atoms with Crippen molar-refractivity contribution in [3.63, 3.8) is 0 Å². The van der Waals surface area contributed by atoms with E-state index in [0.29, 0.717) is 19.3 Å². The van der Waals surface area contributed by atoms with Gasteiger partial charge in [-0.2, -0.15) is 0 Å². The van der Waals surface area contributed by atoms with Crippen LogP contribution in [0.15, 0.2) is 86.0 Å². The molecule has 0 aliphatic rings. The second kappa shape index (κ2) is 16.1. The number of esters is 1. The summed E-state index contributed by atoms with van der Waals surface area (Å²) in [6.45, 7) is 7.18. The van der Waals surface area contributed by atoms with E-state index in [-0.39, 0.29) is 43.8 Å². The molecule has 3 N–H and O–H groups in total. The van der Waals surface area contributed by atoms with Crippen LogP contribution in [-0.2, 0) is 25.5 Å². The number of allylic oxidation sites excluding steroid dienone is 2. The van der Waals surface area contributed by atoms with Gasteiger partial charge in [0.1, 0.15) is 6.10 Å². The molecule has 0 unspecified atom stereocenters. The minimum absolute atomic E-state index is 0.0573. The maximum atomic E-state index is 13.0. The number of hydrogen-bond donors (Lipinski definition) is 3. The molecule has 3 atom stereocenters. The summed E-state index contributed by atoms with van der Waals surface area (Å²) in [5, 5.41) is 15.3. The lowest BCUT2D eigenvalue weighted by Gasteiger charge is -2.22. The smallest absolute Gasteiger partial charge is 0.306 e. The average Bonchev–Trinajstić information content (AvgIpc) is 2.90. The topological polar surface area (TPSA) is 105 Å². The van der Waals surface area contributed by atoms with Crippen LogP contribution in [0, 0.1) is 5.92 Å². The predicted octanol–water partition coefficient (Wildman–Crippen LogP) is 3.66. The summed E-state index contributed by atoms with van der Waals surface area (Å²) in [5.74, 6) is -1.70. The molecule has 0 heterocycles. The Bertz CT molecular complexity index is 978. The van der Waals surface area contributed by atoms with Crippen molar-refractivity contribution in [3.8, 4) is 0 Å². The van der Waals surface area contributed by atoms with Crippen molar-refractivity contribution in [3.05, 3.63) is 97.1 Å². The number of nitrogens with one attached hydrogen (secondary N) is 2. The molecule has 0 radical (unpaired) electrons. The molecule has 7 heteroatoms. The first-order chi connectivity index (χ1) is 17.5. The fourth-order valence-electron chi connectivity index (χ4n) is 3.72. The maximum Gasteiger partial charge on any atom is 0.306 e. The first-order valence-corrected chi connectivity index (χ1v) is 12.1. The molecule has 192 valence electrons. The third-order valence-corrected chi connectivity index (χ3v) is 5.62. The number of aliphatic hydroxyl groups excluding tert-OH is 1. The average molecular weight is 493 g/mol. The SMILES string of the molecule is C=CCCC(=O)O[C@@H](CNC(=O)[C@@H](CC=C)CC(=O)N[C@H](CO)Cc1ccccc1)c1ccccc1. The van der Waals surface area contributed by atoms with Crippen molar-refractivity contribution in [1.82, 2.24) is 10.6 Å². The zero-order valence-corrected chi connectivity index (χ0v) is 20.6. The van der Waals surface area contributed by atoms with E-state index in [1.54, 1.807) is 12.2 Å². The number of carbonyl (C=O) groups is 3. The van der Waals surface area contributed by atoms with Crippen molar-refractivity contribution in [1.29, 1.82) is 0 Å². The Labute approximate surface area is 213 Å². The zero-order valence-electron chi connectivity index (χ0n) is 20.6. The van der Waals surface area contributed by atoms with E-state index in [1.165, 1.54) is 0 Å². The molecule has 36 heavy (non-hydrogen) atoms. The van der Waals surface area contributed by atoms with Gasteiger partial charge in [0.15, 0.2) is 0 Å². The van der Waals surface area contributed by atoms with E-state index in [4.69, 9.17) is 4.74 Å². The van der Waals surface area contributed by atoms with Crippen LogP contribution >= 0.6 is 0 Å². The van der Waals surface area contributed by atoms with Crippen LogP contribution in [0.1, 0.15) is 42.9 Å². The minimum atomic E-state index is -0.657. The van der Waals surface area contributed by atoms with Crippen LogP contribution in [-0.4, -0.2) is 42.1 Å². The van der Waals surface area contributed by atoms with Crippen molar-refractivity contribution < 1.29 is 24.2 Å². The first-order valence-electron chi connectivity index (χ1n) is 12.1. The number of aliphatic hydroxyl groups is 1. The summed E-state index contributed by atoms with van der Waals surface area (Å²) in [4.78, 5) is 37.9. The van der Waals surface area contributed by atoms with Gasteiger partial charge in [0.2, 0.25) is 11.8 Å². The van der Waals surface area contributed by atoms with Crippen LogP contribution < -0.4 is 10.6 Å². The molecular formula is C29H36N2O5. The van der Waals surface area contributed by atoms with E-state index < -0.39 is 18.1 Å². The highest BCUT2D eigenvalue weighted by molar-refractivity contribution is 5.86. The molecule has 0 saturated carbocycles. The summed E-state index contributed by atoms with van der Waals surface area (Å²) in [6.07, 6.45) is 4.02. The largest absolute Gasteiger partial charge is 0.456 e. The van der Waals surface area contributed by atoms with Gasteiger partial charge in [-0.3, -0.25) is 14.4 Å². The van der Waals surface area contributed by atoms with Crippen LogP contribution in [0.2, 0.25) is 0 Å². The molecule has 0 saturated heterocycles. The van der Waals surface area contributed by atoms with Gasteiger partial charge in [-0.15, -0.1) is 13.2 Å². The van der Waals surface area contributed by atoms with Gasteiger partial charge in [-0.25, -0.2) is 0 Å². The summed E-state index contributed by atoms with van der Waals surface area (Å²) in [5.41, 5.74) is 1.75. The first kappa shape index (κ1) is 28.5. The standard InChI is InChI=1S/C29H36N2O5/c1-3-5-17-28(34)36-26(23-15-10-7-11-16-23)20-30-29(35)24(12-4-2)19-27(33)31-25(21-32)18-22-13-8-6-9-14-22/h3-4,6-11,13-16,24-26,32H,1-2,5,12,17-21H2,(H,30,35)(H,31,33)/t24-,25-,26-/m0/s1. The second-order valence-electron chi connectivity index (χ2n) is 8.52. The van der Waals surface area contributed by atoms with Crippen LogP contribution in [0.3, 0.4) is 0 Å². The molecule has 2 aromatic carbocycles. The van der Waals surface area contributed by atoms with Gasteiger partial charge in [0, 0.05) is 12.8 Å². The number of amides is 2. The van der Waals surface area contributed by atoms with Gasteiger partial charge < -0.3 is 20.5 Å². The van der Waals surface area contributed by atoms with E-state index in [2.05, 4.69) is 23.8 Å².